The number of aliphatic carboxylic acids is 1. The molecule has 0 bridgehead atoms. The minimum absolute atomic E-state index is 0.0298. The van der Waals surface area contributed by atoms with E-state index >= 15 is 0 Å². The molecule has 3 aromatic rings. The third kappa shape index (κ3) is 2.80. The summed E-state index contributed by atoms with van der Waals surface area (Å²) >= 11 is 0. The highest BCUT2D eigenvalue weighted by Crippen LogP contribution is 2.26. The molecule has 0 fully saturated rings. The molecule has 0 aliphatic heterocycles. The smallest absolute Gasteiger partial charge is 0.328 e. The van der Waals surface area contributed by atoms with E-state index in [1.807, 2.05) is 6.07 Å². The Morgan fingerprint density at radius 2 is 2.09 bits per heavy atom. The van der Waals surface area contributed by atoms with Crippen molar-refractivity contribution in [1.29, 1.82) is 0 Å². The van der Waals surface area contributed by atoms with Crippen LogP contribution in [0.3, 0.4) is 0 Å². The van der Waals surface area contributed by atoms with Crippen molar-refractivity contribution in [2.24, 2.45) is 0 Å². The number of pyridine rings is 1. The molecule has 0 radical (unpaired) electrons. The predicted octanol–water partition coefficient (Wildman–Crippen LogP) is 3.01. The molecule has 0 aliphatic carbocycles. The maximum Gasteiger partial charge on any atom is 0.328 e. The number of nitro benzene ring substituents is 1. The van der Waals surface area contributed by atoms with Crippen LogP contribution >= 0.6 is 0 Å². The molecular formula is C16H11N3O4. The molecule has 0 spiro atoms. The number of fused-ring (bicyclic) bond motifs is 1. The summed E-state index contributed by atoms with van der Waals surface area (Å²) in [5.41, 5.74) is 1.74. The number of nitro groups is 1. The lowest BCUT2D eigenvalue weighted by atomic mass is 10.2. The second-order valence-electron chi connectivity index (χ2n) is 4.76. The van der Waals surface area contributed by atoms with Crippen LogP contribution in [0.1, 0.15) is 5.69 Å². The van der Waals surface area contributed by atoms with Gasteiger partial charge in [0.1, 0.15) is 5.82 Å². The van der Waals surface area contributed by atoms with E-state index in [0.29, 0.717) is 22.6 Å². The SMILES string of the molecule is O=C(O)C=Cc1nc(-c2cccc([N+](=O)[O-])c2)n2ccccc12. The fourth-order valence-electron chi connectivity index (χ4n) is 2.30. The van der Waals surface area contributed by atoms with Crippen molar-refractivity contribution in [2.75, 3.05) is 0 Å². The molecule has 2 aromatic heterocycles. The van der Waals surface area contributed by atoms with Crippen LogP contribution in [0, 0.1) is 10.1 Å². The molecule has 3 rings (SSSR count). The molecule has 1 aromatic carbocycles. The first-order chi connectivity index (χ1) is 11.1. The van der Waals surface area contributed by atoms with Gasteiger partial charge in [0.2, 0.25) is 0 Å². The van der Waals surface area contributed by atoms with E-state index in [2.05, 4.69) is 4.98 Å². The number of rotatable bonds is 4. The molecule has 0 aliphatic rings. The van der Waals surface area contributed by atoms with Crippen molar-refractivity contribution in [3.63, 3.8) is 0 Å². The number of benzene rings is 1. The highest BCUT2D eigenvalue weighted by atomic mass is 16.6. The molecule has 0 amide bonds. The Kier molecular flexibility index (Phi) is 3.60. The van der Waals surface area contributed by atoms with Crippen molar-refractivity contribution in [3.8, 4) is 11.4 Å². The lowest BCUT2D eigenvalue weighted by molar-refractivity contribution is -0.384. The molecular weight excluding hydrogens is 298 g/mol. The maximum absolute atomic E-state index is 10.9. The van der Waals surface area contributed by atoms with Gasteiger partial charge in [-0.25, -0.2) is 9.78 Å². The summed E-state index contributed by atoms with van der Waals surface area (Å²) in [4.78, 5) is 25.6. The Bertz CT molecular complexity index is 943. The van der Waals surface area contributed by atoms with Gasteiger partial charge in [0.05, 0.1) is 16.1 Å². The first-order valence-corrected chi connectivity index (χ1v) is 6.69. The largest absolute Gasteiger partial charge is 0.478 e. The molecule has 0 saturated heterocycles. The van der Waals surface area contributed by atoms with Gasteiger partial charge in [-0.2, -0.15) is 0 Å². The fourth-order valence-corrected chi connectivity index (χ4v) is 2.30. The summed E-state index contributed by atoms with van der Waals surface area (Å²) in [7, 11) is 0. The molecule has 114 valence electrons. The van der Waals surface area contributed by atoms with Crippen LogP contribution in [0.25, 0.3) is 23.0 Å². The summed E-state index contributed by atoms with van der Waals surface area (Å²) in [6, 6.07) is 11.6. The molecule has 7 heteroatoms. The number of hydrogen-bond acceptors (Lipinski definition) is 4. The third-order valence-electron chi connectivity index (χ3n) is 3.28. The Morgan fingerprint density at radius 1 is 1.26 bits per heavy atom. The molecule has 0 unspecified atom stereocenters. The van der Waals surface area contributed by atoms with Crippen LogP contribution in [0.15, 0.2) is 54.7 Å². The monoisotopic (exact) mass is 309 g/mol. The number of carboxylic acids is 1. The standard InChI is InChI=1S/C16H11N3O4/c20-15(21)8-7-13-14-6-1-2-9-18(14)16(17-13)11-4-3-5-12(10-11)19(22)23/h1-10H,(H,20,21). The zero-order chi connectivity index (χ0) is 16.4. The van der Waals surface area contributed by atoms with Crippen molar-refractivity contribution >= 4 is 23.2 Å². The van der Waals surface area contributed by atoms with Crippen LogP contribution in [0.4, 0.5) is 5.69 Å². The first kappa shape index (κ1) is 14.5. The Morgan fingerprint density at radius 3 is 2.83 bits per heavy atom. The highest BCUT2D eigenvalue weighted by Gasteiger charge is 2.13. The quantitative estimate of drug-likeness (QED) is 0.454. The average Bonchev–Trinajstić information content (AvgIpc) is 2.92. The van der Waals surface area contributed by atoms with E-state index in [1.54, 1.807) is 34.9 Å². The van der Waals surface area contributed by atoms with Gasteiger partial charge in [0.15, 0.2) is 0 Å². The van der Waals surface area contributed by atoms with E-state index in [-0.39, 0.29) is 5.69 Å². The predicted molar refractivity (Wildman–Crippen MR) is 84.0 cm³/mol. The minimum Gasteiger partial charge on any atom is -0.478 e. The second kappa shape index (κ2) is 5.72. The lowest BCUT2D eigenvalue weighted by Gasteiger charge is -2.01. The minimum atomic E-state index is -1.07. The summed E-state index contributed by atoms with van der Waals surface area (Å²) in [6.07, 6.45) is 4.18. The van der Waals surface area contributed by atoms with Gasteiger partial charge in [-0.15, -0.1) is 0 Å². The Labute approximate surface area is 130 Å². The highest BCUT2D eigenvalue weighted by molar-refractivity contribution is 5.87. The van der Waals surface area contributed by atoms with Crippen molar-refractivity contribution in [1.82, 2.24) is 9.38 Å². The van der Waals surface area contributed by atoms with Gasteiger partial charge >= 0.3 is 5.97 Å². The first-order valence-electron chi connectivity index (χ1n) is 6.69. The molecule has 23 heavy (non-hydrogen) atoms. The van der Waals surface area contributed by atoms with Crippen LogP contribution < -0.4 is 0 Å². The molecule has 7 nitrogen and oxygen atoms in total. The van der Waals surface area contributed by atoms with E-state index in [1.165, 1.54) is 18.2 Å². The summed E-state index contributed by atoms with van der Waals surface area (Å²) < 4.78 is 1.76. The molecule has 2 heterocycles. The van der Waals surface area contributed by atoms with Gasteiger partial charge in [-0.1, -0.05) is 18.2 Å². The van der Waals surface area contributed by atoms with Gasteiger partial charge < -0.3 is 5.11 Å². The van der Waals surface area contributed by atoms with E-state index in [9.17, 15) is 14.9 Å². The lowest BCUT2D eigenvalue weighted by Crippen LogP contribution is -1.91. The molecule has 0 atom stereocenters. The van der Waals surface area contributed by atoms with Gasteiger partial charge in [-0.05, 0) is 18.2 Å². The summed E-state index contributed by atoms with van der Waals surface area (Å²) in [5.74, 6) is -0.562. The number of nitrogens with zero attached hydrogens (tertiary/aromatic N) is 3. The average molecular weight is 309 g/mol. The van der Waals surface area contributed by atoms with Crippen molar-refractivity contribution < 1.29 is 14.8 Å². The molecule has 0 saturated carbocycles. The van der Waals surface area contributed by atoms with Gasteiger partial charge in [-0.3, -0.25) is 14.5 Å². The van der Waals surface area contributed by atoms with Crippen molar-refractivity contribution in [3.05, 3.63) is 70.5 Å². The number of carbonyl (C=O) groups is 1. The van der Waals surface area contributed by atoms with Crippen LogP contribution in [-0.2, 0) is 4.79 Å². The summed E-state index contributed by atoms with van der Waals surface area (Å²) in [5, 5.41) is 19.7. The number of carboxylic acid groups (broad SMARTS) is 1. The van der Waals surface area contributed by atoms with E-state index in [4.69, 9.17) is 5.11 Å². The normalized spacial score (nSPS) is 11.1. The van der Waals surface area contributed by atoms with Crippen LogP contribution in [-0.4, -0.2) is 25.4 Å². The Hall–Kier alpha value is -3.48. The maximum atomic E-state index is 10.9. The van der Waals surface area contributed by atoms with Crippen molar-refractivity contribution in [2.45, 2.75) is 0 Å². The van der Waals surface area contributed by atoms with Gasteiger partial charge in [0, 0.05) is 30.0 Å². The van der Waals surface area contributed by atoms with Crippen LogP contribution in [0.2, 0.25) is 0 Å². The summed E-state index contributed by atoms with van der Waals surface area (Å²) in [6.45, 7) is 0. The number of non-ortho nitro benzene ring substituents is 1. The number of hydrogen-bond donors (Lipinski definition) is 1. The van der Waals surface area contributed by atoms with E-state index < -0.39 is 10.9 Å². The number of imidazole rings is 1. The van der Waals surface area contributed by atoms with E-state index in [0.717, 1.165) is 6.08 Å². The second-order valence-corrected chi connectivity index (χ2v) is 4.76. The third-order valence-corrected chi connectivity index (χ3v) is 3.28. The topological polar surface area (TPSA) is 97.7 Å². The fraction of sp³-hybridized carbons (Fsp3) is 0. The number of aromatic nitrogens is 2. The zero-order valence-corrected chi connectivity index (χ0v) is 11.8. The zero-order valence-electron chi connectivity index (χ0n) is 11.8. The van der Waals surface area contributed by atoms with Gasteiger partial charge in [0.25, 0.3) is 5.69 Å². The van der Waals surface area contributed by atoms with Crippen LogP contribution in [0.5, 0.6) is 0 Å². The molecule has 1 N–H and O–H groups in total. The Balaban J connectivity index is 2.20.